The summed E-state index contributed by atoms with van der Waals surface area (Å²) in [5, 5.41) is 0.648. The summed E-state index contributed by atoms with van der Waals surface area (Å²) in [6, 6.07) is 15.6. The number of nitrogens with zero attached hydrogens (tertiary/aromatic N) is 3. The first kappa shape index (κ1) is 21.8. The average molecular weight is 461 g/mol. The molecule has 0 saturated carbocycles. The number of pyridine rings is 2. The highest BCUT2D eigenvalue weighted by Crippen LogP contribution is 2.38. The van der Waals surface area contributed by atoms with E-state index in [9.17, 15) is 8.42 Å². The molecule has 4 heterocycles. The van der Waals surface area contributed by atoms with Gasteiger partial charge in [0.05, 0.1) is 21.8 Å². The summed E-state index contributed by atoms with van der Waals surface area (Å²) in [4.78, 5) is 8.84. The van der Waals surface area contributed by atoms with E-state index in [0.717, 1.165) is 5.46 Å². The lowest BCUT2D eigenvalue weighted by atomic mass is 9.78. The molecule has 4 aromatic rings. The number of fused-ring (bicyclic) bond motifs is 1. The van der Waals surface area contributed by atoms with Gasteiger partial charge >= 0.3 is 7.12 Å². The predicted molar refractivity (Wildman–Crippen MR) is 128 cm³/mol. The average Bonchev–Trinajstić information content (AvgIpc) is 3.29. The van der Waals surface area contributed by atoms with Crippen LogP contribution in [0.1, 0.15) is 27.7 Å². The Morgan fingerprint density at radius 3 is 2.24 bits per heavy atom. The highest BCUT2D eigenvalue weighted by atomic mass is 32.2. The molecule has 0 atom stereocenters. The molecule has 1 aliphatic rings. The molecule has 1 aliphatic heterocycles. The monoisotopic (exact) mass is 461 g/mol. The van der Waals surface area contributed by atoms with E-state index in [-0.39, 0.29) is 4.90 Å². The first-order chi connectivity index (χ1) is 15.6. The molecule has 9 heteroatoms. The summed E-state index contributed by atoms with van der Waals surface area (Å²) < 4.78 is 41.4. The SMILES string of the molecule is CC1(C)OB(c2ccnc3c2cc(-c2cccnc2)n3S(=O)(=O)c2ccccc2)OC1(C)C. The van der Waals surface area contributed by atoms with Crippen molar-refractivity contribution in [2.75, 3.05) is 0 Å². The van der Waals surface area contributed by atoms with E-state index in [0.29, 0.717) is 22.3 Å². The van der Waals surface area contributed by atoms with Gasteiger partial charge in [-0.3, -0.25) is 4.98 Å². The Balaban J connectivity index is 1.78. The Bertz CT molecular complexity index is 1420. The number of hydrogen-bond donors (Lipinski definition) is 0. The molecule has 5 rings (SSSR count). The van der Waals surface area contributed by atoms with Crippen LogP contribution in [-0.4, -0.2) is 40.7 Å². The molecule has 33 heavy (non-hydrogen) atoms. The third-order valence-electron chi connectivity index (χ3n) is 6.44. The molecule has 1 aromatic carbocycles. The number of aromatic nitrogens is 3. The molecule has 168 valence electrons. The van der Waals surface area contributed by atoms with Crippen molar-refractivity contribution in [1.29, 1.82) is 0 Å². The fourth-order valence-corrected chi connectivity index (χ4v) is 5.43. The van der Waals surface area contributed by atoms with Crippen LogP contribution in [0.25, 0.3) is 22.3 Å². The van der Waals surface area contributed by atoms with Crippen molar-refractivity contribution in [3.05, 3.63) is 73.2 Å². The molecule has 0 N–H and O–H groups in total. The van der Waals surface area contributed by atoms with E-state index >= 15 is 0 Å². The smallest absolute Gasteiger partial charge is 0.399 e. The summed E-state index contributed by atoms with van der Waals surface area (Å²) in [6.45, 7) is 7.93. The van der Waals surface area contributed by atoms with Crippen molar-refractivity contribution in [3.63, 3.8) is 0 Å². The molecule has 1 fully saturated rings. The minimum absolute atomic E-state index is 0.176. The molecule has 0 bridgehead atoms. The summed E-state index contributed by atoms with van der Waals surface area (Å²) in [5.41, 5.74) is 1.11. The van der Waals surface area contributed by atoms with E-state index in [2.05, 4.69) is 9.97 Å². The van der Waals surface area contributed by atoms with Gasteiger partial charge in [0.1, 0.15) is 0 Å². The minimum atomic E-state index is -3.94. The van der Waals surface area contributed by atoms with Gasteiger partial charge in [-0.1, -0.05) is 18.2 Å². The molecule has 1 saturated heterocycles. The Morgan fingerprint density at radius 2 is 1.61 bits per heavy atom. The quantitative estimate of drug-likeness (QED) is 0.432. The second-order valence-corrected chi connectivity index (χ2v) is 10.9. The molecule has 7 nitrogen and oxygen atoms in total. The Morgan fingerprint density at radius 1 is 0.909 bits per heavy atom. The largest absolute Gasteiger partial charge is 0.495 e. The maximum Gasteiger partial charge on any atom is 0.495 e. The van der Waals surface area contributed by atoms with E-state index < -0.39 is 28.3 Å². The predicted octanol–water partition coefficient (Wildman–Crippen LogP) is 3.63. The van der Waals surface area contributed by atoms with E-state index in [4.69, 9.17) is 9.31 Å². The second-order valence-electron chi connectivity index (χ2n) is 9.08. The lowest BCUT2D eigenvalue weighted by molar-refractivity contribution is 0.00578. The zero-order valence-electron chi connectivity index (χ0n) is 18.9. The van der Waals surface area contributed by atoms with Crippen molar-refractivity contribution >= 4 is 33.6 Å². The van der Waals surface area contributed by atoms with Crippen molar-refractivity contribution in [3.8, 4) is 11.3 Å². The fourth-order valence-electron chi connectivity index (χ4n) is 3.93. The third-order valence-corrected chi connectivity index (χ3v) is 8.16. The van der Waals surface area contributed by atoms with Crippen LogP contribution in [-0.2, 0) is 19.3 Å². The molecule has 0 unspecified atom stereocenters. The number of rotatable bonds is 4. The molecule has 0 amide bonds. The van der Waals surface area contributed by atoms with Crippen molar-refractivity contribution in [2.45, 2.75) is 43.8 Å². The maximum absolute atomic E-state index is 13.8. The van der Waals surface area contributed by atoms with Gasteiger partial charge in [-0.2, -0.15) is 0 Å². The van der Waals surface area contributed by atoms with Gasteiger partial charge in [0.15, 0.2) is 5.65 Å². The summed E-state index contributed by atoms with van der Waals surface area (Å²) in [6.07, 6.45) is 4.88. The molecule has 0 spiro atoms. The molecular weight excluding hydrogens is 437 g/mol. The normalized spacial score (nSPS) is 17.5. The van der Waals surface area contributed by atoms with Gasteiger partial charge in [0.2, 0.25) is 0 Å². The lowest BCUT2D eigenvalue weighted by Crippen LogP contribution is -2.41. The zero-order valence-corrected chi connectivity index (χ0v) is 19.7. The zero-order chi connectivity index (χ0) is 23.4. The molecule has 0 radical (unpaired) electrons. The van der Waals surface area contributed by atoms with Crippen LogP contribution in [0.15, 0.2) is 78.1 Å². The summed E-state index contributed by atoms with van der Waals surface area (Å²) in [7, 11) is -4.60. The summed E-state index contributed by atoms with van der Waals surface area (Å²) >= 11 is 0. The lowest BCUT2D eigenvalue weighted by Gasteiger charge is -2.32. The minimum Gasteiger partial charge on any atom is -0.399 e. The van der Waals surface area contributed by atoms with Gasteiger partial charge in [0.25, 0.3) is 10.0 Å². The Labute approximate surface area is 193 Å². The van der Waals surface area contributed by atoms with Gasteiger partial charge in [0, 0.05) is 29.5 Å². The van der Waals surface area contributed by atoms with Gasteiger partial charge in [-0.15, -0.1) is 0 Å². The van der Waals surface area contributed by atoms with Crippen LogP contribution in [0, 0.1) is 0 Å². The van der Waals surface area contributed by atoms with Crippen LogP contribution in [0.3, 0.4) is 0 Å². The highest BCUT2D eigenvalue weighted by molar-refractivity contribution is 7.90. The van der Waals surface area contributed by atoms with Crippen molar-refractivity contribution in [2.24, 2.45) is 0 Å². The highest BCUT2D eigenvalue weighted by Gasteiger charge is 2.52. The second kappa shape index (κ2) is 7.51. The van der Waals surface area contributed by atoms with Gasteiger partial charge in [-0.05, 0) is 69.6 Å². The van der Waals surface area contributed by atoms with E-state index in [1.165, 1.54) is 3.97 Å². The number of hydrogen-bond acceptors (Lipinski definition) is 6. The first-order valence-corrected chi connectivity index (χ1v) is 12.1. The maximum atomic E-state index is 13.8. The van der Waals surface area contributed by atoms with Crippen LogP contribution in [0.2, 0.25) is 0 Å². The first-order valence-electron chi connectivity index (χ1n) is 10.7. The van der Waals surface area contributed by atoms with Gasteiger partial charge < -0.3 is 9.31 Å². The fraction of sp³-hybridized carbons (Fsp3) is 0.250. The standard InChI is InChI=1S/C24H24BN3O4S/c1-23(2)24(3,4)32-25(31-23)20-12-14-27-22-19(20)15-21(17-9-8-13-26-16-17)28(22)33(29,30)18-10-6-5-7-11-18/h5-16H,1-4H3. The molecular formula is C24H24BN3O4S. The van der Waals surface area contributed by atoms with E-state index in [1.807, 2.05) is 45.9 Å². The Kier molecular flexibility index (Phi) is 4.97. The van der Waals surface area contributed by atoms with Crippen LogP contribution in [0.4, 0.5) is 0 Å². The van der Waals surface area contributed by atoms with Crippen LogP contribution < -0.4 is 5.46 Å². The van der Waals surface area contributed by atoms with Crippen LogP contribution >= 0.6 is 0 Å². The summed E-state index contributed by atoms with van der Waals surface area (Å²) in [5.74, 6) is 0. The molecule has 0 aliphatic carbocycles. The van der Waals surface area contributed by atoms with Crippen molar-refractivity contribution < 1.29 is 17.7 Å². The topological polar surface area (TPSA) is 83.3 Å². The van der Waals surface area contributed by atoms with Crippen LogP contribution in [0.5, 0.6) is 0 Å². The Hall–Kier alpha value is -3.01. The third kappa shape index (κ3) is 3.47. The molecule has 3 aromatic heterocycles. The van der Waals surface area contributed by atoms with Gasteiger partial charge in [-0.25, -0.2) is 17.4 Å². The van der Waals surface area contributed by atoms with Crippen molar-refractivity contribution in [1.82, 2.24) is 13.9 Å². The van der Waals surface area contributed by atoms with E-state index in [1.54, 1.807) is 55.0 Å². The number of benzene rings is 1.